The van der Waals surface area contributed by atoms with E-state index in [1.807, 2.05) is 0 Å². The Bertz CT molecular complexity index is 1460. The van der Waals surface area contributed by atoms with Crippen LogP contribution >= 0.6 is 0 Å². The molecule has 0 aromatic carbocycles. The maximum Gasteiger partial charge on any atom is 0.326 e. The number of carbonyl (C=O) groups is 9. The molecule has 17 heteroatoms. The Morgan fingerprint density at radius 2 is 0.618 bits per heavy atom. The Kier molecular flexibility index (Phi) is 39.7. The summed E-state index contributed by atoms with van der Waals surface area (Å²) in [4.78, 5) is 108. The number of Topliss-reactive ketones (excluding diaryl/α,β-unsaturated/α-hetero) is 1. The minimum atomic E-state index is -1.25. The third kappa shape index (κ3) is 39.4. The zero-order valence-corrected chi connectivity index (χ0v) is 41.7. The van der Waals surface area contributed by atoms with Gasteiger partial charge in [-0.15, -0.1) is 0 Å². The summed E-state index contributed by atoms with van der Waals surface area (Å²) in [5, 5.41) is 47.2. The summed E-state index contributed by atoms with van der Waals surface area (Å²) in [7, 11) is 0. The summed E-state index contributed by atoms with van der Waals surface area (Å²) in [6.45, 7) is 3.69. The van der Waals surface area contributed by atoms with Gasteiger partial charge < -0.3 is 41.7 Å². The minimum Gasteiger partial charge on any atom is -0.481 e. The van der Waals surface area contributed by atoms with Crippen LogP contribution in [-0.4, -0.2) is 98.4 Å². The first-order chi connectivity index (χ1) is 32.5. The second kappa shape index (κ2) is 42.5. The van der Waals surface area contributed by atoms with Crippen LogP contribution in [0.25, 0.3) is 0 Å². The van der Waals surface area contributed by atoms with Crippen LogP contribution in [0.1, 0.15) is 239 Å². The van der Waals surface area contributed by atoms with Crippen LogP contribution in [0.3, 0.4) is 0 Å². The van der Waals surface area contributed by atoms with Crippen LogP contribution < -0.4 is 21.3 Å². The molecule has 392 valence electrons. The zero-order valence-electron chi connectivity index (χ0n) is 41.7. The summed E-state index contributed by atoms with van der Waals surface area (Å²) in [5.41, 5.74) is 0. The fourth-order valence-corrected chi connectivity index (χ4v) is 8.00. The van der Waals surface area contributed by atoms with E-state index >= 15 is 0 Å². The molecule has 0 aliphatic rings. The monoisotopic (exact) mass is 967 g/mol. The number of amides is 4. The van der Waals surface area contributed by atoms with Crippen molar-refractivity contribution in [3.8, 4) is 0 Å². The Hall–Kier alpha value is -4.57. The van der Waals surface area contributed by atoms with Crippen LogP contribution in [0.2, 0.25) is 0 Å². The van der Waals surface area contributed by atoms with Crippen molar-refractivity contribution >= 4 is 53.3 Å². The molecule has 0 aromatic rings. The van der Waals surface area contributed by atoms with Gasteiger partial charge in [0.25, 0.3) is 0 Å². The summed E-state index contributed by atoms with van der Waals surface area (Å²) >= 11 is 0. The number of carboxylic acid groups (broad SMARTS) is 4. The minimum absolute atomic E-state index is 0.0668. The van der Waals surface area contributed by atoms with E-state index in [9.17, 15) is 53.4 Å². The predicted molar refractivity (Wildman–Crippen MR) is 261 cm³/mol. The first-order valence-electron chi connectivity index (χ1n) is 26.1. The van der Waals surface area contributed by atoms with E-state index in [-0.39, 0.29) is 87.3 Å². The molecule has 0 radical (unpaired) electrons. The molecule has 3 atom stereocenters. The Labute approximate surface area is 406 Å². The molecule has 68 heavy (non-hydrogen) atoms. The quantitative estimate of drug-likeness (QED) is 0.0265. The number of aliphatic carboxylic acids is 4. The summed E-state index contributed by atoms with van der Waals surface area (Å²) in [6, 6.07) is -3.24. The number of carbonyl (C=O) groups excluding carboxylic acids is 5. The molecule has 0 heterocycles. The Balaban J connectivity index is 4.34. The molecule has 4 amide bonds. The summed E-state index contributed by atoms with van der Waals surface area (Å²) in [6.07, 6.45) is 25.7. The number of carboxylic acids is 4. The standard InChI is InChI=1S/C51H90N4O13/c1-39(2)49(64)40(53-46(59)37-35-42(51(67)68)55-45(58)31-24-20-16-12-8-4-6-10-14-18-22-26-33-48(62)63)29-27-28-38-52-43(56)36-34-41(50(65)66)54-44(57)30-23-19-15-11-7-3-5-9-13-17-21-25-32-47(60)61/h39-42H,3-38H2,1-2H3,(H,52,56)(H,53,59)(H,54,57)(H,55,58)(H,60,61)(H,62,63)(H,65,66)(H,67,68)/t40-,41-,42-/m0/s1. The highest BCUT2D eigenvalue weighted by Crippen LogP contribution is 2.16. The van der Waals surface area contributed by atoms with Crippen LogP contribution in [0.5, 0.6) is 0 Å². The number of unbranched alkanes of at least 4 members (excludes halogenated alkanes) is 23. The van der Waals surface area contributed by atoms with Crippen LogP contribution in [-0.2, 0) is 43.2 Å². The van der Waals surface area contributed by atoms with E-state index in [1.54, 1.807) is 13.8 Å². The van der Waals surface area contributed by atoms with Crippen molar-refractivity contribution in [2.45, 2.75) is 257 Å². The normalized spacial score (nSPS) is 12.5. The molecule has 0 aliphatic carbocycles. The van der Waals surface area contributed by atoms with Crippen molar-refractivity contribution < 1.29 is 63.6 Å². The fourth-order valence-electron chi connectivity index (χ4n) is 8.00. The molecule has 0 aliphatic heterocycles. The van der Waals surface area contributed by atoms with E-state index in [0.717, 1.165) is 141 Å². The third-order valence-electron chi connectivity index (χ3n) is 12.2. The average molecular weight is 967 g/mol. The SMILES string of the molecule is CC(C)C(=O)[C@H](CCCCNC(=O)CC[C@H](NC(=O)CCCCCCCCCCCCCCC(=O)O)C(=O)O)NC(=O)CC[C@H](NC(=O)CCCCCCCCCCCCCCC(=O)O)C(=O)O. The molecule has 17 nitrogen and oxygen atoms in total. The van der Waals surface area contributed by atoms with Gasteiger partial charge in [-0.2, -0.15) is 0 Å². The van der Waals surface area contributed by atoms with E-state index in [4.69, 9.17) is 10.2 Å². The molecule has 0 saturated carbocycles. The van der Waals surface area contributed by atoms with Crippen molar-refractivity contribution in [2.75, 3.05) is 6.54 Å². The maximum atomic E-state index is 12.9. The number of ketones is 1. The van der Waals surface area contributed by atoms with Crippen LogP contribution in [0.15, 0.2) is 0 Å². The molecule has 0 bridgehead atoms. The number of rotatable bonds is 48. The third-order valence-corrected chi connectivity index (χ3v) is 12.2. The van der Waals surface area contributed by atoms with Crippen molar-refractivity contribution in [1.82, 2.24) is 21.3 Å². The van der Waals surface area contributed by atoms with Crippen molar-refractivity contribution in [3.63, 3.8) is 0 Å². The average Bonchev–Trinajstić information content (AvgIpc) is 3.28. The predicted octanol–water partition coefficient (Wildman–Crippen LogP) is 8.77. The van der Waals surface area contributed by atoms with Crippen molar-refractivity contribution in [2.24, 2.45) is 5.92 Å². The van der Waals surface area contributed by atoms with Gasteiger partial charge >= 0.3 is 23.9 Å². The first-order valence-corrected chi connectivity index (χ1v) is 26.1. The Morgan fingerprint density at radius 3 is 0.941 bits per heavy atom. The molecule has 0 unspecified atom stereocenters. The van der Waals surface area contributed by atoms with Gasteiger partial charge in [0.2, 0.25) is 23.6 Å². The molecule has 8 N–H and O–H groups in total. The molecule has 0 fully saturated rings. The summed E-state index contributed by atoms with van der Waals surface area (Å²) in [5.74, 6) is -6.13. The molecule has 0 rings (SSSR count). The molecule has 0 aromatic heterocycles. The largest absolute Gasteiger partial charge is 0.481 e. The second-order valence-corrected chi connectivity index (χ2v) is 18.8. The zero-order chi connectivity index (χ0) is 50.8. The topological polar surface area (TPSA) is 283 Å². The van der Waals surface area contributed by atoms with Gasteiger partial charge in [-0.3, -0.25) is 33.6 Å². The second-order valence-electron chi connectivity index (χ2n) is 18.8. The molecule has 0 saturated heterocycles. The first kappa shape index (κ1) is 63.4. The van der Waals surface area contributed by atoms with Gasteiger partial charge in [-0.05, 0) is 57.8 Å². The highest BCUT2D eigenvalue weighted by molar-refractivity contribution is 5.90. The lowest BCUT2D eigenvalue weighted by Crippen LogP contribution is -2.44. The molecular formula is C51H90N4O13. The number of hydrogen-bond donors (Lipinski definition) is 8. The van der Waals surface area contributed by atoms with Gasteiger partial charge in [0.05, 0.1) is 6.04 Å². The van der Waals surface area contributed by atoms with Crippen molar-refractivity contribution in [3.05, 3.63) is 0 Å². The van der Waals surface area contributed by atoms with Gasteiger partial charge in [0.1, 0.15) is 12.1 Å². The van der Waals surface area contributed by atoms with Gasteiger partial charge in [0, 0.05) is 51.0 Å². The van der Waals surface area contributed by atoms with E-state index in [2.05, 4.69) is 21.3 Å². The number of hydrogen-bond acceptors (Lipinski definition) is 9. The lowest BCUT2D eigenvalue weighted by molar-refractivity contribution is -0.142. The highest BCUT2D eigenvalue weighted by Gasteiger charge is 2.26. The molecular weight excluding hydrogens is 877 g/mol. The molecule has 0 spiro atoms. The maximum absolute atomic E-state index is 12.9. The van der Waals surface area contributed by atoms with E-state index in [1.165, 1.54) is 0 Å². The van der Waals surface area contributed by atoms with E-state index < -0.39 is 47.9 Å². The fraction of sp³-hybridized carbons (Fsp3) is 0.824. The van der Waals surface area contributed by atoms with E-state index in [0.29, 0.717) is 32.1 Å². The number of nitrogens with one attached hydrogen (secondary N) is 4. The van der Waals surface area contributed by atoms with Crippen LogP contribution in [0, 0.1) is 5.92 Å². The highest BCUT2D eigenvalue weighted by atomic mass is 16.4. The lowest BCUT2D eigenvalue weighted by Gasteiger charge is -2.20. The van der Waals surface area contributed by atoms with Gasteiger partial charge in [0.15, 0.2) is 5.78 Å². The van der Waals surface area contributed by atoms with Crippen LogP contribution in [0.4, 0.5) is 0 Å². The van der Waals surface area contributed by atoms with Crippen molar-refractivity contribution in [1.29, 1.82) is 0 Å². The van der Waals surface area contributed by atoms with Gasteiger partial charge in [-0.25, -0.2) is 9.59 Å². The smallest absolute Gasteiger partial charge is 0.326 e. The van der Waals surface area contributed by atoms with Gasteiger partial charge in [-0.1, -0.05) is 142 Å². The lowest BCUT2D eigenvalue weighted by atomic mass is 9.97. The summed E-state index contributed by atoms with van der Waals surface area (Å²) < 4.78 is 0. The Morgan fingerprint density at radius 1 is 0.324 bits per heavy atom.